The van der Waals surface area contributed by atoms with Crippen LogP contribution in [0.2, 0.25) is 0 Å². The van der Waals surface area contributed by atoms with Gasteiger partial charge >= 0.3 is 0 Å². The third kappa shape index (κ3) is 2.91. The molecule has 2 heterocycles. The lowest BCUT2D eigenvalue weighted by Gasteiger charge is -2.16. The second-order valence-electron chi connectivity index (χ2n) is 3.93. The number of hydrogen-bond donors (Lipinski definition) is 2. The van der Waals surface area contributed by atoms with Crippen LogP contribution in [0.25, 0.3) is 0 Å². The Morgan fingerprint density at radius 2 is 2.41 bits per heavy atom. The highest BCUT2D eigenvalue weighted by Crippen LogP contribution is 2.05. The Labute approximate surface area is 99.2 Å². The van der Waals surface area contributed by atoms with Crippen LogP contribution in [0.4, 0.5) is 0 Å². The molecule has 0 bridgehead atoms. The first-order valence-electron chi connectivity index (χ1n) is 5.79. The van der Waals surface area contributed by atoms with Crippen molar-refractivity contribution >= 4 is 0 Å². The second-order valence-corrected chi connectivity index (χ2v) is 3.93. The summed E-state index contributed by atoms with van der Waals surface area (Å²) in [6.45, 7) is 2.70. The Morgan fingerprint density at radius 1 is 1.53 bits per heavy atom. The van der Waals surface area contributed by atoms with Crippen molar-refractivity contribution in [1.29, 1.82) is 0 Å². The number of aromatic nitrogens is 2. The van der Waals surface area contributed by atoms with Crippen LogP contribution in [0.5, 0.6) is 0 Å². The molecule has 0 spiro atoms. The maximum atomic E-state index is 12.1. The highest BCUT2D eigenvalue weighted by Gasteiger charge is 2.14. The molecule has 0 radical (unpaired) electrons. The average molecular weight is 239 g/mol. The van der Waals surface area contributed by atoms with Crippen LogP contribution in [-0.4, -0.2) is 41.0 Å². The molecule has 6 nitrogen and oxygen atoms in total. The van der Waals surface area contributed by atoms with E-state index in [1.165, 1.54) is 0 Å². The molecule has 0 aromatic carbocycles. The Bertz CT molecular complexity index is 430. The molecular formula is C11H17N3O3. The van der Waals surface area contributed by atoms with E-state index in [1.54, 1.807) is 10.9 Å². The monoisotopic (exact) mass is 239 g/mol. The van der Waals surface area contributed by atoms with Crippen molar-refractivity contribution < 1.29 is 9.84 Å². The summed E-state index contributed by atoms with van der Waals surface area (Å²) >= 11 is 0. The summed E-state index contributed by atoms with van der Waals surface area (Å²) < 4.78 is 6.71. The SMILES string of the molecule is O=c1c2c(ncn1CCOCCO)CNCC2. The molecule has 0 saturated heterocycles. The molecule has 1 aliphatic rings. The molecule has 0 amide bonds. The first kappa shape index (κ1) is 12.2. The standard InChI is InChI=1S/C11H17N3O3/c15-4-6-17-5-3-14-8-13-10-7-12-2-1-9(10)11(14)16/h8,12,15H,1-7H2. The van der Waals surface area contributed by atoms with Crippen LogP contribution in [0.3, 0.4) is 0 Å². The van der Waals surface area contributed by atoms with Crippen molar-refractivity contribution in [3.63, 3.8) is 0 Å². The van der Waals surface area contributed by atoms with Crippen molar-refractivity contribution in [3.05, 3.63) is 27.9 Å². The van der Waals surface area contributed by atoms with Gasteiger partial charge in [-0.3, -0.25) is 9.36 Å². The third-order valence-corrected chi connectivity index (χ3v) is 2.78. The molecule has 0 saturated carbocycles. The second kappa shape index (κ2) is 5.90. The van der Waals surface area contributed by atoms with Crippen molar-refractivity contribution in [1.82, 2.24) is 14.9 Å². The molecule has 0 fully saturated rings. The lowest BCUT2D eigenvalue weighted by atomic mass is 10.1. The molecule has 2 rings (SSSR count). The summed E-state index contributed by atoms with van der Waals surface area (Å²) in [6.07, 6.45) is 2.30. The van der Waals surface area contributed by atoms with Gasteiger partial charge in [0.05, 0.1) is 38.4 Å². The van der Waals surface area contributed by atoms with Crippen LogP contribution < -0.4 is 10.9 Å². The minimum absolute atomic E-state index is 0.00298. The van der Waals surface area contributed by atoms with Crippen molar-refractivity contribution in [2.45, 2.75) is 19.5 Å². The van der Waals surface area contributed by atoms with Gasteiger partial charge in [0.1, 0.15) is 0 Å². The first-order chi connectivity index (χ1) is 8.33. The van der Waals surface area contributed by atoms with E-state index in [9.17, 15) is 4.79 Å². The van der Waals surface area contributed by atoms with Gasteiger partial charge in [-0.25, -0.2) is 4.98 Å². The fraction of sp³-hybridized carbons (Fsp3) is 0.636. The molecular weight excluding hydrogens is 222 g/mol. The summed E-state index contributed by atoms with van der Waals surface area (Å²) in [5.41, 5.74) is 1.70. The van der Waals surface area contributed by atoms with Gasteiger partial charge in [0.2, 0.25) is 0 Å². The van der Waals surface area contributed by atoms with Gasteiger partial charge in [-0.15, -0.1) is 0 Å². The summed E-state index contributed by atoms with van der Waals surface area (Å²) in [6, 6.07) is 0. The molecule has 0 aliphatic carbocycles. The van der Waals surface area contributed by atoms with E-state index in [0.29, 0.717) is 26.3 Å². The minimum Gasteiger partial charge on any atom is -0.394 e. The van der Waals surface area contributed by atoms with E-state index in [0.717, 1.165) is 24.2 Å². The van der Waals surface area contributed by atoms with E-state index >= 15 is 0 Å². The van der Waals surface area contributed by atoms with E-state index in [2.05, 4.69) is 10.3 Å². The van der Waals surface area contributed by atoms with Crippen molar-refractivity contribution in [2.75, 3.05) is 26.4 Å². The van der Waals surface area contributed by atoms with Gasteiger partial charge in [0.15, 0.2) is 0 Å². The summed E-state index contributed by atoms with van der Waals surface area (Å²) in [7, 11) is 0. The molecule has 17 heavy (non-hydrogen) atoms. The number of ether oxygens (including phenoxy) is 1. The molecule has 1 aromatic heterocycles. The van der Waals surface area contributed by atoms with E-state index in [1.807, 2.05) is 0 Å². The van der Waals surface area contributed by atoms with Crippen LogP contribution in [-0.2, 0) is 24.2 Å². The Kier molecular flexibility index (Phi) is 4.24. The van der Waals surface area contributed by atoms with Crippen LogP contribution in [0.1, 0.15) is 11.3 Å². The zero-order chi connectivity index (χ0) is 12.1. The maximum Gasteiger partial charge on any atom is 0.256 e. The summed E-state index contributed by atoms with van der Waals surface area (Å²) in [5, 5.41) is 11.7. The number of aliphatic hydroxyl groups excluding tert-OH is 1. The van der Waals surface area contributed by atoms with Gasteiger partial charge in [-0.1, -0.05) is 0 Å². The predicted octanol–water partition coefficient (Wildman–Crippen LogP) is -1.10. The smallest absolute Gasteiger partial charge is 0.256 e. The molecule has 1 aliphatic heterocycles. The average Bonchev–Trinajstić information content (AvgIpc) is 2.37. The molecule has 94 valence electrons. The number of nitrogens with one attached hydrogen (secondary N) is 1. The quantitative estimate of drug-likeness (QED) is 0.638. The highest BCUT2D eigenvalue weighted by atomic mass is 16.5. The van der Waals surface area contributed by atoms with Gasteiger partial charge in [-0.2, -0.15) is 0 Å². The normalized spacial score (nSPS) is 14.6. The van der Waals surface area contributed by atoms with Gasteiger partial charge in [-0.05, 0) is 13.0 Å². The fourth-order valence-corrected chi connectivity index (χ4v) is 1.88. The van der Waals surface area contributed by atoms with Crippen LogP contribution >= 0.6 is 0 Å². The number of nitrogens with zero attached hydrogens (tertiary/aromatic N) is 2. The molecule has 6 heteroatoms. The minimum atomic E-state index is 0.00298. The lowest BCUT2D eigenvalue weighted by molar-refractivity contribution is 0.0863. The molecule has 1 aromatic rings. The number of aliphatic hydroxyl groups is 1. The molecule has 0 unspecified atom stereocenters. The van der Waals surface area contributed by atoms with Crippen LogP contribution in [0, 0.1) is 0 Å². The number of fused-ring (bicyclic) bond motifs is 1. The largest absolute Gasteiger partial charge is 0.394 e. The zero-order valence-corrected chi connectivity index (χ0v) is 9.69. The number of hydrogen-bond acceptors (Lipinski definition) is 5. The fourth-order valence-electron chi connectivity index (χ4n) is 1.88. The zero-order valence-electron chi connectivity index (χ0n) is 9.69. The van der Waals surface area contributed by atoms with Gasteiger partial charge in [0.25, 0.3) is 5.56 Å². The van der Waals surface area contributed by atoms with Gasteiger partial charge < -0.3 is 15.2 Å². The van der Waals surface area contributed by atoms with E-state index in [-0.39, 0.29) is 12.2 Å². The third-order valence-electron chi connectivity index (χ3n) is 2.78. The highest BCUT2D eigenvalue weighted by molar-refractivity contribution is 5.19. The van der Waals surface area contributed by atoms with Crippen molar-refractivity contribution in [2.24, 2.45) is 0 Å². The van der Waals surface area contributed by atoms with Crippen LogP contribution in [0.15, 0.2) is 11.1 Å². The Hall–Kier alpha value is -1.24. The lowest BCUT2D eigenvalue weighted by Crippen LogP contribution is -2.34. The molecule has 2 N–H and O–H groups in total. The Balaban J connectivity index is 2.05. The topological polar surface area (TPSA) is 76.4 Å². The van der Waals surface area contributed by atoms with E-state index < -0.39 is 0 Å². The maximum absolute atomic E-state index is 12.1. The molecule has 0 atom stereocenters. The first-order valence-corrected chi connectivity index (χ1v) is 5.79. The predicted molar refractivity (Wildman–Crippen MR) is 61.8 cm³/mol. The summed E-state index contributed by atoms with van der Waals surface area (Å²) in [4.78, 5) is 16.3. The number of rotatable bonds is 5. The van der Waals surface area contributed by atoms with Gasteiger partial charge in [0, 0.05) is 12.1 Å². The Morgan fingerprint density at radius 3 is 3.24 bits per heavy atom. The van der Waals surface area contributed by atoms with Crippen molar-refractivity contribution in [3.8, 4) is 0 Å². The van der Waals surface area contributed by atoms with E-state index in [4.69, 9.17) is 9.84 Å². The summed E-state index contributed by atoms with van der Waals surface area (Å²) in [5.74, 6) is 0.